The lowest BCUT2D eigenvalue weighted by Gasteiger charge is -2.09. The first-order chi connectivity index (χ1) is 9.47. The average molecular weight is 278 g/mol. The van der Waals surface area contributed by atoms with Crippen molar-refractivity contribution in [1.29, 1.82) is 0 Å². The molecular weight excluding hydrogens is 256 g/mol. The molecule has 1 aromatic carbocycles. The number of rotatable bonds is 7. The number of carbonyl (C=O) groups is 2. The van der Waals surface area contributed by atoms with E-state index in [1.807, 2.05) is 0 Å². The van der Waals surface area contributed by atoms with Gasteiger partial charge >= 0.3 is 12.0 Å². The predicted octanol–water partition coefficient (Wildman–Crippen LogP) is 2.87. The van der Waals surface area contributed by atoms with Crippen LogP contribution in [0.3, 0.4) is 0 Å². The van der Waals surface area contributed by atoms with E-state index < -0.39 is 5.97 Å². The average Bonchev–Trinajstić information content (AvgIpc) is 2.36. The number of amides is 2. The monoisotopic (exact) mass is 278 g/mol. The molecule has 3 N–H and O–H groups in total. The Morgan fingerprint density at radius 3 is 2.40 bits per heavy atom. The van der Waals surface area contributed by atoms with Crippen molar-refractivity contribution in [1.82, 2.24) is 5.32 Å². The molecule has 0 heterocycles. The highest BCUT2D eigenvalue weighted by atomic mass is 16.4. The second kappa shape index (κ2) is 8.19. The molecule has 5 heteroatoms. The molecule has 0 saturated heterocycles. The van der Waals surface area contributed by atoms with E-state index in [1.54, 1.807) is 24.3 Å². The number of carboxylic acid groups (broad SMARTS) is 1. The minimum absolute atomic E-state index is 0.0122. The maximum Gasteiger partial charge on any atom is 0.319 e. The Morgan fingerprint density at radius 1 is 1.20 bits per heavy atom. The van der Waals surface area contributed by atoms with Gasteiger partial charge in [-0.05, 0) is 36.5 Å². The molecular formula is C15H22N2O3. The standard InChI is InChI=1S/C15H22N2O3/c1-11(2)4-3-9-16-15(20)17-13-7-5-12(6-8-13)10-14(18)19/h5-8,11H,3-4,9-10H2,1-2H3,(H,18,19)(H2,16,17,20). The Hall–Kier alpha value is -2.04. The van der Waals surface area contributed by atoms with Crippen molar-refractivity contribution in [3.63, 3.8) is 0 Å². The Labute approximate surface area is 119 Å². The SMILES string of the molecule is CC(C)CCCNC(=O)Nc1ccc(CC(=O)O)cc1. The van der Waals surface area contributed by atoms with E-state index in [0.717, 1.165) is 12.8 Å². The molecule has 0 spiro atoms. The zero-order valence-electron chi connectivity index (χ0n) is 12.0. The van der Waals surface area contributed by atoms with E-state index in [-0.39, 0.29) is 12.5 Å². The van der Waals surface area contributed by atoms with Crippen LogP contribution in [-0.2, 0) is 11.2 Å². The van der Waals surface area contributed by atoms with Crippen molar-refractivity contribution in [3.8, 4) is 0 Å². The highest BCUT2D eigenvalue weighted by Crippen LogP contribution is 2.10. The Morgan fingerprint density at radius 2 is 1.85 bits per heavy atom. The number of aliphatic carboxylic acids is 1. The summed E-state index contributed by atoms with van der Waals surface area (Å²) in [4.78, 5) is 22.1. The van der Waals surface area contributed by atoms with Gasteiger partial charge in [0.1, 0.15) is 0 Å². The maximum atomic E-state index is 11.6. The summed E-state index contributed by atoms with van der Waals surface area (Å²) < 4.78 is 0. The summed E-state index contributed by atoms with van der Waals surface area (Å²) in [5.74, 6) is -0.227. The van der Waals surface area contributed by atoms with Crippen molar-refractivity contribution in [3.05, 3.63) is 29.8 Å². The van der Waals surface area contributed by atoms with Crippen LogP contribution in [0.1, 0.15) is 32.3 Å². The molecule has 110 valence electrons. The second-order valence-corrected chi connectivity index (χ2v) is 5.18. The largest absolute Gasteiger partial charge is 0.481 e. The van der Waals surface area contributed by atoms with Crippen LogP contribution in [-0.4, -0.2) is 23.7 Å². The van der Waals surface area contributed by atoms with Crippen LogP contribution < -0.4 is 10.6 Å². The first-order valence-electron chi connectivity index (χ1n) is 6.83. The lowest BCUT2D eigenvalue weighted by Crippen LogP contribution is -2.29. The van der Waals surface area contributed by atoms with Gasteiger partial charge in [0.15, 0.2) is 0 Å². The van der Waals surface area contributed by atoms with Crippen molar-refractivity contribution in [2.45, 2.75) is 33.1 Å². The summed E-state index contributed by atoms with van der Waals surface area (Å²) >= 11 is 0. The Bertz CT molecular complexity index is 441. The van der Waals surface area contributed by atoms with Crippen LogP contribution in [0.25, 0.3) is 0 Å². The number of hydrogen-bond donors (Lipinski definition) is 3. The topological polar surface area (TPSA) is 78.4 Å². The smallest absolute Gasteiger partial charge is 0.319 e. The summed E-state index contributed by atoms with van der Waals surface area (Å²) in [7, 11) is 0. The van der Waals surface area contributed by atoms with Gasteiger partial charge in [0.2, 0.25) is 0 Å². The summed E-state index contributed by atoms with van der Waals surface area (Å²) in [6.07, 6.45) is 2.04. The van der Waals surface area contributed by atoms with Crippen molar-refractivity contribution in [2.75, 3.05) is 11.9 Å². The van der Waals surface area contributed by atoms with Gasteiger partial charge in [0, 0.05) is 12.2 Å². The van der Waals surface area contributed by atoms with Crippen LogP contribution in [0.2, 0.25) is 0 Å². The summed E-state index contributed by atoms with van der Waals surface area (Å²) in [6, 6.07) is 6.56. The molecule has 0 aliphatic carbocycles. The van der Waals surface area contributed by atoms with Gasteiger partial charge in [0.25, 0.3) is 0 Å². The molecule has 0 fully saturated rings. The van der Waals surface area contributed by atoms with Crippen LogP contribution in [0.4, 0.5) is 10.5 Å². The van der Waals surface area contributed by atoms with Gasteiger partial charge in [-0.3, -0.25) is 4.79 Å². The predicted molar refractivity (Wildman–Crippen MR) is 78.9 cm³/mol. The maximum absolute atomic E-state index is 11.6. The second-order valence-electron chi connectivity index (χ2n) is 5.18. The summed E-state index contributed by atoms with van der Waals surface area (Å²) in [5, 5.41) is 14.2. The molecule has 0 unspecified atom stereocenters. The molecule has 0 bridgehead atoms. The molecule has 2 amide bonds. The summed E-state index contributed by atoms with van der Waals surface area (Å²) in [5.41, 5.74) is 1.36. The van der Waals surface area contributed by atoms with E-state index >= 15 is 0 Å². The van der Waals surface area contributed by atoms with Gasteiger partial charge in [-0.2, -0.15) is 0 Å². The van der Waals surface area contributed by atoms with E-state index in [4.69, 9.17) is 5.11 Å². The molecule has 0 atom stereocenters. The third-order valence-electron chi connectivity index (χ3n) is 2.81. The van der Waals surface area contributed by atoms with Crippen LogP contribution in [0.5, 0.6) is 0 Å². The quantitative estimate of drug-likeness (QED) is 0.671. The molecule has 0 aliphatic heterocycles. The van der Waals surface area contributed by atoms with E-state index in [1.165, 1.54) is 0 Å². The third kappa shape index (κ3) is 6.78. The van der Waals surface area contributed by atoms with Crippen molar-refractivity contribution >= 4 is 17.7 Å². The van der Waals surface area contributed by atoms with Crippen LogP contribution >= 0.6 is 0 Å². The van der Waals surface area contributed by atoms with E-state index in [0.29, 0.717) is 23.7 Å². The Kier molecular flexibility index (Phi) is 6.56. The van der Waals surface area contributed by atoms with Gasteiger partial charge < -0.3 is 15.7 Å². The number of nitrogens with one attached hydrogen (secondary N) is 2. The lowest BCUT2D eigenvalue weighted by atomic mass is 10.1. The fraction of sp³-hybridized carbons (Fsp3) is 0.467. The molecule has 5 nitrogen and oxygen atoms in total. The number of benzene rings is 1. The van der Waals surface area contributed by atoms with E-state index in [9.17, 15) is 9.59 Å². The number of hydrogen-bond acceptors (Lipinski definition) is 2. The molecule has 1 aromatic rings. The number of carbonyl (C=O) groups excluding carboxylic acids is 1. The highest BCUT2D eigenvalue weighted by Gasteiger charge is 2.03. The molecule has 0 aliphatic rings. The van der Waals surface area contributed by atoms with Gasteiger partial charge in [-0.15, -0.1) is 0 Å². The fourth-order valence-corrected chi connectivity index (χ4v) is 1.77. The zero-order chi connectivity index (χ0) is 15.0. The van der Waals surface area contributed by atoms with E-state index in [2.05, 4.69) is 24.5 Å². The first kappa shape index (κ1) is 16.0. The minimum atomic E-state index is -0.867. The number of anilines is 1. The zero-order valence-corrected chi connectivity index (χ0v) is 12.0. The molecule has 0 aromatic heterocycles. The number of urea groups is 1. The molecule has 1 rings (SSSR count). The normalized spacial score (nSPS) is 10.3. The van der Waals surface area contributed by atoms with Gasteiger partial charge in [-0.1, -0.05) is 26.0 Å². The highest BCUT2D eigenvalue weighted by molar-refractivity contribution is 5.89. The van der Waals surface area contributed by atoms with Gasteiger partial charge in [-0.25, -0.2) is 4.79 Å². The third-order valence-corrected chi connectivity index (χ3v) is 2.81. The minimum Gasteiger partial charge on any atom is -0.481 e. The molecule has 0 radical (unpaired) electrons. The lowest BCUT2D eigenvalue weighted by molar-refractivity contribution is -0.136. The van der Waals surface area contributed by atoms with Gasteiger partial charge in [0.05, 0.1) is 6.42 Å². The van der Waals surface area contributed by atoms with Crippen molar-refractivity contribution in [2.24, 2.45) is 5.92 Å². The Balaban J connectivity index is 2.33. The molecule has 20 heavy (non-hydrogen) atoms. The van der Waals surface area contributed by atoms with Crippen molar-refractivity contribution < 1.29 is 14.7 Å². The summed E-state index contributed by atoms with van der Waals surface area (Å²) in [6.45, 7) is 4.96. The van der Waals surface area contributed by atoms with Crippen LogP contribution in [0.15, 0.2) is 24.3 Å². The van der Waals surface area contributed by atoms with Crippen LogP contribution in [0, 0.1) is 5.92 Å². The first-order valence-corrected chi connectivity index (χ1v) is 6.83. The molecule has 0 saturated carbocycles. The fourth-order valence-electron chi connectivity index (χ4n) is 1.77. The number of carboxylic acids is 1.